The minimum Gasteiger partial charge on any atom is -0.493 e. The Labute approximate surface area is 172 Å². The van der Waals surface area contributed by atoms with E-state index in [9.17, 15) is 4.79 Å². The highest BCUT2D eigenvalue weighted by Crippen LogP contribution is 2.30. The lowest BCUT2D eigenvalue weighted by molar-refractivity contribution is -0.120. The van der Waals surface area contributed by atoms with Gasteiger partial charge in [0.05, 0.1) is 20.8 Å². The molecule has 0 aliphatic rings. The monoisotopic (exact) mass is 404 g/mol. The second-order valence-electron chi connectivity index (χ2n) is 6.62. The van der Waals surface area contributed by atoms with Gasteiger partial charge in [-0.05, 0) is 48.2 Å². The summed E-state index contributed by atoms with van der Waals surface area (Å²) in [7, 11) is 3.19. The Bertz CT molecular complexity index is 774. The van der Waals surface area contributed by atoms with Crippen LogP contribution in [-0.2, 0) is 16.9 Å². The molecular formula is C22H29ClN2O3. The Hall–Kier alpha value is -2.24. The minimum atomic E-state index is -0.259. The van der Waals surface area contributed by atoms with Crippen LogP contribution < -0.4 is 20.1 Å². The first-order valence-electron chi connectivity index (χ1n) is 9.46. The third-order valence-corrected chi connectivity index (χ3v) is 5.38. The molecule has 0 aromatic heterocycles. The van der Waals surface area contributed by atoms with Gasteiger partial charge in [0.2, 0.25) is 5.91 Å². The summed E-state index contributed by atoms with van der Waals surface area (Å²) in [5.41, 5.74) is 1.82. The molecule has 2 N–H and O–H groups in total. The maximum absolute atomic E-state index is 12.4. The van der Waals surface area contributed by atoms with Gasteiger partial charge >= 0.3 is 0 Å². The highest BCUT2D eigenvalue weighted by Gasteiger charge is 2.28. The molecule has 0 unspecified atom stereocenters. The van der Waals surface area contributed by atoms with Crippen molar-refractivity contribution in [2.75, 3.05) is 20.8 Å². The topological polar surface area (TPSA) is 59.6 Å². The summed E-state index contributed by atoms with van der Waals surface area (Å²) >= 11 is 6.01. The summed E-state index contributed by atoms with van der Waals surface area (Å²) in [5.74, 6) is 1.25. The van der Waals surface area contributed by atoms with Crippen molar-refractivity contribution in [3.8, 4) is 11.5 Å². The van der Waals surface area contributed by atoms with E-state index in [4.69, 9.17) is 21.1 Å². The lowest BCUT2D eigenvalue weighted by Crippen LogP contribution is -2.46. The van der Waals surface area contributed by atoms with Gasteiger partial charge in [-0.1, -0.05) is 43.6 Å². The molecule has 1 amide bonds. The van der Waals surface area contributed by atoms with Gasteiger partial charge in [-0.25, -0.2) is 0 Å². The SMILES string of the molecule is CCC(CC)(NCC(=O)NCc1ccc(OC)c(OC)c1)c1ccc(Cl)cc1. The number of hydrogen-bond donors (Lipinski definition) is 2. The molecule has 5 nitrogen and oxygen atoms in total. The third-order valence-electron chi connectivity index (χ3n) is 5.13. The van der Waals surface area contributed by atoms with Crippen molar-refractivity contribution >= 4 is 17.5 Å². The number of halogens is 1. The number of rotatable bonds is 10. The molecule has 0 radical (unpaired) electrons. The van der Waals surface area contributed by atoms with E-state index in [2.05, 4.69) is 24.5 Å². The first-order chi connectivity index (χ1) is 13.5. The van der Waals surface area contributed by atoms with Crippen molar-refractivity contribution in [1.82, 2.24) is 10.6 Å². The van der Waals surface area contributed by atoms with E-state index >= 15 is 0 Å². The predicted molar refractivity (Wildman–Crippen MR) is 113 cm³/mol. The van der Waals surface area contributed by atoms with Crippen LogP contribution in [0.25, 0.3) is 0 Å². The van der Waals surface area contributed by atoms with Crippen LogP contribution in [0.2, 0.25) is 5.02 Å². The molecule has 152 valence electrons. The number of methoxy groups -OCH3 is 2. The molecule has 2 aromatic rings. The molecule has 2 aromatic carbocycles. The Morgan fingerprint density at radius 3 is 2.21 bits per heavy atom. The van der Waals surface area contributed by atoms with Crippen molar-refractivity contribution in [2.45, 2.75) is 38.8 Å². The van der Waals surface area contributed by atoms with E-state index in [1.807, 2.05) is 42.5 Å². The highest BCUT2D eigenvalue weighted by atomic mass is 35.5. The van der Waals surface area contributed by atoms with Crippen LogP contribution in [0.4, 0.5) is 0 Å². The van der Waals surface area contributed by atoms with Crippen LogP contribution >= 0.6 is 11.6 Å². The molecule has 0 aliphatic heterocycles. The Kier molecular flexibility index (Phi) is 8.15. The Balaban J connectivity index is 1.97. The zero-order valence-corrected chi connectivity index (χ0v) is 17.7. The normalized spacial score (nSPS) is 11.2. The predicted octanol–water partition coefficient (Wildman–Crippen LogP) is 4.28. The average molecular weight is 405 g/mol. The number of hydrogen-bond acceptors (Lipinski definition) is 4. The zero-order valence-electron chi connectivity index (χ0n) is 17.0. The third kappa shape index (κ3) is 5.40. The van der Waals surface area contributed by atoms with Gasteiger partial charge in [-0.15, -0.1) is 0 Å². The molecule has 0 bridgehead atoms. The average Bonchev–Trinajstić information content (AvgIpc) is 2.74. The second kappa shape index (κ2) is 10.3. The number of benzene rings is 2. The maximum Gasteiger partial charge on any atom is 0.234 e. The van der Waals surface area contributed by atoms with Gasteiger partial charge in [-0.3, -0.25) is 10.1 Å². The standard InChI is InChI=1S/C22H29ClN2O3/c1-5-22(6-2,17-8-10-18(23)11-9-17)25-15-21(26)24-14-16-7-12-19(27-3)20(13-16)28-4/h7-13,25H,5-6,14-15H2,1-4H3,(H,24,26). The van der Waals surface area contributed by atoms with Crippen molar-refractivity contribution < 1.29 is 14.3 Å². The van der Waals surface area contributed by atoms with Crippen LogP contribution in [-0.4, -0.2) is 26.7 Å². The molecular weight excluding hydrogens is 376 g/mol. The maximum atomic E-state index is 12.4. The highest BCUT2D eigenvalue weighted by molar-refractivity contribution is 6.30. The number of ether oxygens (including phenoxy) is 2. The van der Waals surface area contributed by atoms with Gasteiger partial charge in [-0.2, -0.15) is 0 Å². The van der Waals surface area contributed by atoms with E-state index in [1.165, 1.54) is 0 Å². The molecule has 0 saturated carbocycles. The molecule has 6 heteroatoms. The molecule has 28 heavy (non-hydrogen) atoms. The summed E-state index contributed by atoms with van der Waals surface area (Å²) in [6.45, 7) is 4.89. The van der Waals surface area contributed by atoms with Crippen LogP contribution in [0, 0.1) is 0 Å². The quantitative estimate of drug-likeness (QED) is 0.620. The first-order valence-corrected chi connectivity index (χ1v) is 9.84. The van der Waals surface area contributed by atoms with Gasteiger partial charge in [0, 0.05) is 17.1 Å². The van der Waals surface area contributed by atoms with Crippen LogP contribution in [0.15, 0.2) is 42.5 Å². The summed E-state index contributed by atoms with van der Waals surface area (Å²) in [6.07, 6.45) is 1.74. The van der Waals surface area contributed by atoms with E-state index in [0.717, 1.165) is 24.0 Å². The summed E-state index contributed by atoms with van der Waals surface area (Å²) < 4.78 is 10.5. The summed E-state index contributed by atoms with van der Waals surface area (Å²) in [6, 6.07) is 13.4. The number of carbonyl (C=O) groups is 1. The molecule has 0 heterocycles. The smallest absolute Gasteiger partial charge is 0.234 e. The Morgan fingerprint density at radius 1 is 1.00 bits per heavy atom. The van der Waals surface area contributed by atoms with Crippen molar-refractivity contribution in [2.24, 2.45) is 0 Å². The lowest BCUT2D eigenvalue weighted by atomic mass is 9.84. The van der Waals surface area contributed by atoms with Gasteiger partial charge in [0.25, 0.3) is 0 Å². The molecule has 0 fully saturated rings. The lowest BCUT2D eigenvalue weighted by Gasteiger charge is -2.33. The number of amides is 1. The van der Waals surface area contributed by atoms with Crippen molar-refractivity contribution in [3.05, 3.63) is 58.6 Å². The molecule has 0 saturated heterocycles. The van der Waals surface area contributed by atoms with E-state index in [1.54, 1.807) is 14.2 Å². The fraction of sp³-hybridized carbons (Fsp3) is 0.409. The van der Waals surface area contributed by atoms with Crippen LogP contribution in [0.3, 0.4) is 0 Å². The van der Waals surface area contributed by atoms with Gasteiger partial charge < -0.3 is 14.8 Å². The van der Waals surface area contributed by atoms with E-state index in [-0.39, 0.29) is 18.0 Å². The van der Waals surface area contributed by atoms with Crippen LogP contribution in [0.1, 0.15) is 37.8 Å². The fourth-order valence-electron chi connectivity index (χ4n) is 3.28. The van der Waals surface area contributed by atoms with Crippen molar-refractivity contribution in [1.29, 1.82) is 0 Å². The zero-order chi connectivity index (χ0) is 20.6. The first kappa shape index (κ1) is 22.1. The minimum absolute atomic E-state index is 0.0602. The molecule has 0 spiro atoms. The molecule has 0 aliphatic carbocycles. The van der Waals surface area contributed by atoms with E-state index < -0.39 is 0 Å². The Morgan fingerprint density at radius 2 is 1.64 bits per heavy atom. The second-order valence-corrected chi connectivity index (χ2v) is 7.05. The van der Waals surface area contributed by atoms with Crippen molar-refractivity contribution in [3.63, 3.8) is 0 Å². The molecule has 0 atom stereocenters. The van der Waals surface area contributed by atoms with Gasteiger partial charge in [0.1, 0.15) is 0 Å². The summed E-state index contributed by atoms with van der Waals surface area (Å²) in [5, 5.41) is 7.10. The van der Waals surface area contributed by atoms with Crippen LogP contribution in [0.5, 0.6) is 11.5 Å². The largest absolute Gasteiger partial charge is 0.493 e. The van der Waals surface area contributed by atoms with Gasteiger partial charge in [0.15, 0.2) is 11.5 Å². The fourth-order valence-corrected chi connectivity index (χ4v) is 3.41. The van der Waals surface area contributed by atoms with E-state index in [0.29, 0.717) is 23.1 Å². The summed E-state index contributed by atoms with van der Waals surface area (Å²) in [4.78, 5) is 12.4. The molecule has 2 rings (SSSR count). The number of carbonyl (C=O) groups excluding carboxylic acids is 1. The number of nitrogens with one attached hydrogen (secondary N) is 2.